The molecule has 1 aromatic carbocycles. The van der Waals surface area contributed by atoms with Gasteiger partial charge in [0.15, 0.2) is 0 Å². The first-order chi connectivity index (χ1) is 16.6. The van der Waals surface area contributed by atoms with Crippen LogP contribution >= 0.6 is 0 Å². The molecule has 1 heterocycles. The SMILES string of the molecule is Cn1nc(-c2ccc(C[C@@H](C#N)NC(=O)N(C(=O)OC(C)(C)C)C3CCCCC3)cc2)ccc1=O. The van der Waals surface area contributed by atoms with Crippen LogP contribution in [0.3, 0.4) is 0 Å². The number of aryl methyl sites for hydroxylation is 1. The highest BCUT2D eigenvalue weighted by molar-refractivity contribution is 5.91. The van der Waals surface area contributed by atoms with Gasteiger partial charge in [0.2, 0.25) is 0 Å². The first kappa shape index (κ1) is 25.9. The number of benzene rings is 1. The van der Waals surface area contributed by atoms with Gasteiger partial charge in [-0.15, -0.1) is 0 Å². The summed E-state index contributed by atoms with van der Waals surface area (Å²) in [6.45, 7) is 5.27. The molecule has 0 unspecified atom stereocenters. The third-order valence-electron chi connectivity index (χ3n) is 5.85. The largest absolute Gasteiger partial charge is 0.443 e. The average Bonchev–Trinajstić information content (AvgIpc) is 2.80. The molecule has 1 atom stereocenters. The molecule has 9 heteroatoms. The van der Waals surface area contributed by atoms with E-state index in [2.05, 4.69) is 16.5 Å². The van der Waals surface area contributed by atoms with E-state index in [1.807, 2.05) is 24.3 Å². The summed E-state index contributed by atoms with van der Waals surface area (Å²) in [7, 11) is 1.59. The number of hydrogen-bond donors (Lipinski definition) is 1. The van der Waals surface area contributed by atoms with Gasteiger partial charge in [-0.2, -0.15) is 10.4 Å². The van der Waals surface area contributed by atoms with Crippen molar-refractivity contribution in [2.45, 2.75) is 77.0 Å². The highest BCUT2D eigenvalue weighted by Gasteiger charge is 2.35. The number of aromatic nitrogens is 2. The molecule has 1 N–H and O–H groups in total. The molecular formula is C26H33N5O4. The zero-order valence-electron chi connectivity index (χ0n) is 20.8. The summed E-state index contributed by atoms with van der Waals surface area (Å²) in [5.41, 5.74) is 1.40. The first-order valence-electron chi connectivity index (χ1n) is 11.9. The molecule has 1 aliphatic rings. The van der Waals surface area contributed by atoms with Crippen LogP contribution in [0.5, 0.6) is 0 Å². The summed E-state index contributed by atoms with van der Waals surface area (Å²) in [6.07, 6.45) is 4.00. The van der Waals surface area contributed by atoms with Gasteiger partial charge < -0.3 is 10.1 Å². The van der Waals surface area contributed by atoms with Gasteiger partial charge in [0, 0.05) is 31.1 Å². The van der Waals surface area contributed by atoms with Crippen LogP contribution in [0.25, 0.3) is 11.3 Å². The normalized spacial score (nSPS) is 15.1. The Morgan fingerprint density at radius 2 is 1.83 bits per heavy atom. The van der Waals surface area contributed by atoms with E-state index in [1.165, 1.54) is 10.7 Å². The van der Waals surface area contributed by atoms with E-state index in [1.54, 1.807) is 33.9 Å². The van der Waals surface area contributed by atoms with E-state index in [0.717, 1.165) is 48.1 Å². The van der Waals surface area contributed by atoms with E-state index in [-0.39, 0.29) is 18.0 Å². The number of nitrogens with zero attached hydrogens (tertiary/aromatic N) is 4. The number of amides is 3. The molecule has 0 radical (unpaired) electrons. The Morgan fingerprint density at radius 1 is 1.17 bits per heavy atom. The summed E-state index contributed by atoms with van der Waals surface area (Å²) < 4.78 is 6.77. The van der Waals surface area contributed by atoms with Crippen molar-refractivity contribution >= 4 is 12.1 Å². The predicted molar refractivity (Wildman–Crippen MR) is 131 cm³/mol. The molecular weight excluding hydrogens is 446 g/mol. The number of hydrogen-bond acceptors (Lipinski definition) is 6. The molecule has 1 aliphatic carbocycles. The Kier molecular flexibility index (Phi) is 8.28. The van der Waals surface area contributed by atoms with Crippen molar-refractivity contribution in [2.75, 3.05) is 0 Å². The van der Waals surface area contributed by atoms with Crippen molar-refractivity contribution in [3.05, 3.63) is 52.3 Å². The Morgan fingerprint density at radius 3 is 2.40 bits per heavy atom. The van der Waals surface area contributed by atoms with Crippen molar-refractivity contribution in [3.63, 3.8) is 0 Å². The monoisotopic (exact) mass is 479 g/mol. The Hall–Kier alpha value is -3.67. The maximum absolute atomic E-state index is 13.2. The van der Waals surface area contributed by atoms with Gasteiger partial charge in [-0.1, -0.05) is 43.5 Å². The first-order valence-corrected chi connectivity index (χ1v) is 11.9. The van der Waals surface area contributed by atoms with Crippen molar-refractivity contribution in [1.82, 2.24) is 20.0 Å². The molecule has 0 bridgehead atoms. The summed E-state index contributed by atoms with van der Waals surface area (Å²) in [6, 6.07) is 11.0. The third-order valence-corrected chi connectivity index (χ3v) is 5.85. The second-order valence-corrected chi connectivity index (χ2v) is 9.85. The van der Waals surface area contributed by atoms with Gasteiger partial charge in [0.25, 0.3) is 5.56 Å². The second kappa shape index (κ2) is 11.2. The topological polar surface area (TPSA) is 117 Å². The molecule has 3 rings (SSSR count). The van der Waals surface area contributed by atoms with Crippen molar-refractivity contribution in [2.24, 2.45) is 7.05 Å². The number of ether oxygens (including phenoxy) is 1. The summed E-state index contributed by atoms with van der Waals surface area (Å²) in [4.78, 5) is 38.7. The highest BCUT2D eigenvalue weighted by atomic mass is 16.6. The zero-order valence-corrected chi connectivity index (χ0v) is 20.8. The lowest BCUT2D eigenvalue weighted by Crippen LogP contribution is -2.53. The smallest absolute Gasteiger partial charge is 0.418 e. The molecule has 1 saturated carbocycles. The van der Waals surface area contributed by atoms with Crippen molar-refractivity contribution in [1.29, 1.82) is 5.26 Å². The highest BCUT2D eigenvalue weighted by Crippen LogP contribution is 2.25. The van der Waals surface area contributed by atoms with Gasteiger partial charge in [-0.3, -0.25) is 4.79 Å². The maximum Gasteiger partial charge on any atom is 0.418 e. The van der Waals surface area contributed by atoms with Crippen LogP contribution in [0, 0.1) is 11.3 Å². The number of carbonyl (C=O) groups excluding carboxylic acids is 2. The predicted octanol–water partition coefficient (Wildman–Crippen LogP) is 4.16. The van der Waals surface area contributed by atoms with Gasteiger partial charge in [0.05, 0.1) is 11.8 Å². The molecule has 9 nitrogen and oxygen atoms in total. The molecule has 0 spiro atoms. The fourth-order valence-corrected chi connectivity index (χ4v) is 4.10. The lowest BCUT2D eigenvalue weighted by atomic mass is 9.94. The minimum absolute atomic E-state index is 0.188. The third kappa shape index (κ3) is 7.15. The Balaban J connectivity index is 1.70. The fourth-order valence-electron chi connectivity index (χ4n) is 4.10. The van der Waals surface area contributed by atoms with E-state index in [0.29, 0.717) is 5.69 Å². The van der Waals surface area contributed by atoms with Crippen LogP contribution in [0.4, 0.5) is 9.59 Å². The number of rotatable bonds is 5. The lowest BCUT2D eigenvalue weighted by Gasteiger charge is -2.34. The number of imide groups is 1. The fraction of sp³-hybridized carbons (Fsp3) is 0.500. The van der Waals surface area contributed by atoms with Crippen LogP contribution in [0.1, 0.15) is 58.4 Å². The quantitative estimate of drug-likeness (QED) is 0.688. The van der Waals surface area contributed by atoms with Crippen molar-refractivity contribution < 1.29 is 14.3 Å². The zero-order chi connectivity index (χ0) is 25.6. The summed E-state index contributed by atoms with van der Waals surface area (Å²) in [5.74, 6) is 0. The number of carbonyl (C=O) groups is 2. The standard InChI is InChI=1S/C26H33N5O4/c1-26(2,3)35-25(34)31(21-8-6-5-7-9-21)24(33)28-20(17-27)16-18-10-12-19(13-11-18)22-14-15-23(32)30(4)29-22/h10-15,20-21H,5-9,16H2,1-4H3,(H,28,33)/t20-/m0/s1. The number of nitriles is 1. The van der Waals surface area contributed by atoms with Crippen LogP contribution in [-0.4, -0.2) is 44.5 Å². The van der Waals surface area contributed by atoms with Crippen LogP contribution in [0.15, 0.2) is 41.2 Å². The molecule has 3 amide bonds. The van der Waals surface area contributed by atoms with E-state index in [4.69, 9.17) is 4.74 Å². The van der Waals surface area contributed by atoms with E-state index in [9.17, 15) is 19.6 Å². The summed E-state index contributed by atoms with van der Waals surface area (Å²) in [5, 5.41) is 16.7. The molecule has 186 valence electrons. The number of nitrogens with one attached hydrogen (secondary N) is 1. The molecule has 1 aromatic heterocycles. The average molecular weight is 480 g/mol. The van der Waals surface area contributed by atoms with E-state index < -0.39 is 23.8 Å². The minimum atomic E-state index is -0.822. The molecule has 0 saturated heterocycles. The van der Waals surface area contributed by atoms with Crippen LogP contribution in [0.2, 0.25) is 0 Å². The molecule has 35 heavy (non-hydrogen) atoms. The molecule has 0 aliphatic heterocycles. The lowest BCUT2D eigenvalue weighted by molar-refractivity contribution is 0.0220. The number of urea groups is 1. The summed E-state index contributed by atoms with van der Waals surface area (Å²) >= 11 is 0. The van der Waals surface area contributed by atoms with E-state index >= 15 is 0 Å². The molecule has 1 fully saturated rings. The van der Waals surface area contributed by atoms with Crippen molar-refractivity contribution in [3.8, 4) is 17.3 Å². The minimum Gasteiger partial charge on any atom is -0.443 e. The van der Waals surface area contributed by atoms with Gasteiger partial charge in [-0.25, -0.2) is 19.2 Å². The van der Waals surface area contributed by atoms with Gasteiger partial charge in [0.1, 0.15) is 11.6 Å². The van der Waals surface area contributed by atoms with Crippen LogP contribution < -0.4 is 10.9 Å². The van der Waals surface area contributed by atoms with Crippen LogP contribution in [-0.2, 0) is 18.2 Å². The second-order valence-electron chi connectivity index (χ2n) is 9.85. The maximum atomic E-state index is 13.2. The Bertz CT molecular complexity index is 1140. The Labute approximate surface area is 205 Å². The van der Waals surface area contributed by atoms with Gasteiger partial charge >= 0.3 is 12.1 Å². The van der Waals surface area contributed by atoms with Gasteiger partial charge in [-0.05, 0) is 45.2 Å². The molecule has 2 aromatic rings.